The van der Waals surface area contributed by atoms with E-state index in [4.69, 9.17) is 5.73 Å². The van der Waals surface area contributed by atoms with Crippen LogP contribution in [0.15, 0.2) is 35.3 Å². The average Bonchev–Trinajstić information content (AvgIpc) is 3.05. The number of guanidine groups is 1. The van der Waals surface area contributed by atoms with Gasteiger partial charge in [0.1, 0.15) is 0 Å². The van der Waals surface area contributed by atoms with E-state index >= 15 is 0 Å². The normalized spacial score (nSPS) is 51.6. The zero-order valence-corrected chi connectivity index (χ0v) is 15.8. The van der Waals surface area contributed by atoms with E-state index in [1.807, 2.05) is 30.3 Å². The molecule has 4 nitrogen and oxygen atoms in total. The van der Waals surface area contributed by atoms with Gasteiger partial charge < -0.3 is 16.2 Å². The Morgan fingerprint density at radius 3 is 2.58 bits per heavy atom. The summed E-state index contributed by atoms with van der Waals surface area (Å²) in [7, 11) is 0. The highest BCUT2D eigenvalue weighted by atomic mass is 127. The summed E-state index contributed by atoms with van der Waals surface area (Å²) in [5.74, 6) is 6.53. The number of para-hydroxylation sites is 1. The number of aliphatic hydroxyl groups is 1. The van der Waals surface area contributed by atoms with E-state index in [2.05, 4.69) is 10.3 Å². The molecule has 5 heteroatoms. The third kappa shape index (κ3) is 1.61. The number of hydrogen-bond donors (Lipinski definition) is 3. The molecule has 0 radical (unpaired) electrons. The van der Waals surface area contributed by atoms with Crippen LogP contribution in [-0.4, -0.2) is 23.2 Å². The van der Waals surface area contributed by atoms with Crippen molar-refractivity contribution < 1.29 is 5.11 Å². The van der Waals surface area contributed by atoms with Gasteiger partial charge in [-0.2, -0.15) is 0 Å². The minimum atomic E-state index is -0.576. The lowest BCUT2D eigenvalue weighted by Gasteiger charge is -2.51. The Bertz CT molecular complexity index is 704. The van der Waals surface area contributed by atoms with Crippen molar-refractivity contribution in [1.29, 1.82) is 0 Å². The van der Waals surface area contributed by atoms with Crippen LogP contribution < -0.4 is 11.1 Å². The summed E-state index contributed by atoms with van der Waals surface area (Å²) >= 11 is 0. The Kier molecular flexibility index (Phi) is 3.14. The van der Waals surface area contributed by atoms with Crippen LogP contribution >= 0.6 is 24.0 Å². The minimum absolute atomic E-state index is 0. The van der Waals surface area contributed by atoms with Crippen LogP contribution in [0.2, 0.25) is 0 Å². The number of nitrogens with one attached hydrogen (secondary N) is 1. The summed E-state index contributed by atoms with van der Waals surface area (Å²) in [5.41, 5.74) is 6.43. The largest absolute Gasteiger partial charge is 0.387 e. The maximum absolute atomic E-state index is 11.5. The highest BCUT2D eigenvalue weighted by Crippen LogP contribution is 2.85. The first kappa shape index (κ1) is 15.4. The van der Waals surface area contributed by atoms with E-state index in [1.54, 1.807) is 0 Å². The Hall–Kier alpha value is -0.820. The molecule has 0 amide bonds. The molecular formula is C19H24IN3O. The summed E-state index contributed by atoms with van der Waals surface area (Å²) in [6.07, 6.45) is 2.78. The first-order valence-electron chi connectivity index (χ1n) is 9.03. The summed E-state index contributed by atoms with van der Waals surface area (Å²) in [5, 5.41) is 14.6. The number of aliphatic imine (C=N–C) groups is 1. The van der Waals surface area contributed by atoms with Crippen LogP contribution in [0.1, 0.15) is 12.8 Å². The van der Waals surface area contributed by atoms with Gasteiger partial charge in [0.15, 0.2) is 5.96 Å². The fraction of sp³-hybridized carbons (Fsp3) is 0.632. The topological polar surface area (TPSA) is 70.6 Å². The van der Waals surface area contributed by atoms with E-state index in [1.165, 1.54) is 12.8 Å². The van der Waals surface area contributed by atoms with Gasteiger partial charge in [0, 0.05) is 5.69 Å². The summed E-state index contributed by atoms with van der Waals surface area (Å²) < 4.78 is 0. The van der Waals surface area contributed by atoms with E-state index in [-0.39, 0.29) is 24.0 Å². The lowest BCUT2D eigenvalue weighted by Crippen LogP contribution is -2.56. The summed E-state index contributed by atoms with van der Waals surface area (Å²) in [4.78, 5) is 4.55. The SMILES string of the molecule is I.NC(=NCC1(O)C2C3CC4C5C3CC2C5C41)Nc1ccccc1. The Morgan fingerprint density at radius 2 is 1.79 bits per heavy atom. The fourth-order valence-electron chi connectivity index (χ4n) is 7.86. The van der Waals surface area contributed by atoms with Crippen molar-refractivity contribution in [3.8, 4) is 0 Å². The second-order valence-corrected chi connectivity index (χ2v) is 8.52. The quantitative estimate of drug-likeness (QED) is 0.387. The van der Waals surface area contributed by atoms with Crippen molar-refractivity contribution in [2.75, 3.05) is 11.9 Å². The van der Waals surface area contributed by atoms with E-state index < -0.39 is 5.60 Å². The standard InChI is InChI=1S/C19H23N3O.HI/c20-18(22-9-4-2-1-3-5-9)21-8-19(23)16-11-7-12-14-10(11)6-13(16)15(14)17(12)19;/h1-5,10-17,23H,6-8H2,(H3,20,21,22);1H. The molecule has 0 heterocycles. The Balaban J connectivity index is 0.00000131. The molecule has 0 spiro atoms. The molecule has 0 aromatic heterocycles. The number of halogens is 1. The molecule has 128 valence electrons. The molecule has 9 atom stereocenters. The first-order chi connectivity index (χ1) is 11.2. The summed E-state index contributed by atoms with van der Waals surface area (Å²) in [6.45, 7) is 0.480. The monoisotopic (exact) mass is 437 g/mol. The average molecular weight is 437 g/mol. The number of nitrogens with zero attached hydrogens (tertiary/aromatic N) is 1. The van der Waals surface area contributed by atoms with Gasteiger partial charge in [-0.05, 0) is 72.3 Å². The Morgan fingerprint density at radius 1 is 1.08 bits per heavy atom. The molecule has 5 fully saturated rings. The van der Waals surface area contributed by atoms with Crippen molar-refractivity contribution in [2.45, 2.75) is 18.4 Å². The molecule has 1 aromatic rings. The fourth-order valence-corrected chi connectivity index (χ4v) is 7.86. The number of rotatable bonds is 3. The number of nitrogens with two attached hydrogens (primary N) is 1. The van der Waals surface area contributed by atoms with E-state index in [0.29, 0.717) is 24.3 Å². The van der Waals surface area contributed by atoms with Crippen molar-refractivity contribution >= 4 is 35.6 Å². The molecule has 2 bridgehead atoms. The van der Waals surface area contributed by atoms with Crippen molar-refractivity contribution in [2.24, 2.45) is 58.1 Å². The highest BCUT2D eigenvalue weighted by Gasteiger charge is 2.84. The van der Waals surface area contributed by atoms with Crippen LogP contribution in [0, 0.1) is 47.3 Å². The number of anilines is 1. The zero-order chi connectivity index (χ0) is 15.3. The van der Waals surface area contributed by atoms with Crippen LogP contribution in [-0.2, 0) is 0 Å². The molecule has 24 heavy (non-hydrogen) atoms. The van der Waals surface area contributed by atoms with Crippen LogP contribution in [0.4, 0.5) is 5.69 Å². The molecule has 0 saturated heterocycles. The number of hydrogen-bond acceptors (Lipinski definition) is 2. The molecule has 1 aromatic carbocycles. The van der Waals surface area contributed by atoms with Crippen LogP contribution in [0.25, 0.3) is 0 Å². The number of benzene rings is 1. The molecule has 5 saturated carbocycles. The first-order valence-corrected chi connectivity index (χ1v) is 9.03. The van der Waals surface area contributed by atoms with Crippen molar-refractivity contribution in [3.05, 3.63) is 30.3 Å². The lowest BCUT2D eigenvalue weighted by atomic mass is 9.56. The predicted octanol–water partition coefficient (Wildman–Crippen LogP) is 2.54. The van der Waals surface area contributed by atoms with Gasteiger partial charge in [0.25, 0.3) is 0 Å². The molecular weight excluding hydrogens is 413 g/mol. The second kappa shape index (κ2) is 4.87. The van der Waals surface area contributed by atoms with Crippen LogP contribution in [0.5, 0.6) is 0 Å². The molecule has 9 unspecified atom stereocenters. The molecule has 0 aliphatic heterocycles. The summed E-state index contributed by atoms with van der Waals surface area (Å²) in [6, 6.07) is 9.86. The maximum Gasteiger partial charge on any atom is 0.193 e. The molecule has 6 rings (SSSR count). The minimum Gasteiger partial charge on any atom is -0.387 e. The van der Waals surface area contributed by atoms with Gasteiger partial charge in [0.05, 0.1) is 12.1 Å². The molecule has 5 aliphatic carbocycles. The van der Waals surface area contributed by atoms with E-state index in [0.717, 1.165) is 41.2 Å². The maximum atomic E-state index is 11.5. The van der Waals surface area contributed by atoms with Gasteiger partial charge in [0.2, 0.25) is 0 Å². The van der Waals surface area contributed by atoms with Crippen molar-refractivity contribution in [3.63, 3.8) is 0 Å². The third-order valence-corrected chi connectivity index (χ3v) is 8.07. The predicted molar refractivity (Wildman–Crippen MR) is 104 cm³/mol. The van der Waals surface area contributed by atoms with Gasteiger partial charge in [-0.1, -0.05) is 18.2 Å². The molecule has 5 aliphatic rings. The highest BCUT2D eigenvalue weighted by molar-refractivity contribution is 14.0. The molecule has 4 N–H and O–H groups in total. The number of fused-ring (bicyclic) bond motifs is 2. The van der Waals surface area contributed by atoms with Crippen molar-refractivity contribution in [1.82, 2.24) is 0 Å². The second-order valence-electron chi connectivity index (χ2n) is 8.52. The van der Waals surface area contributed by atoms with Gasteiger partial charge in [-0.25, -0.2) is 0 Å². The van der Waals surface area contributed by atoms with Crippen LogP contribution in [0.3, 0.4) is 0 Å². The lowest BCUT2D eigenvalue weighted by molar-refractivity contribution is -0.123. The van der Waals surface area contributed by atoms with Gasteiger partial charge in [-0.15, -0.1) is 24.0 Å². The third-order valence-electron chi connectivity index (χ3n) is 8.07. The van der Waals surface area contributed by atoms with Gasteiger partial charge in [-0.3, -0.25) is 4.99 Å². The van der Waals surface area contributed by atoms with Gasteiger partial charge >= 0.3 is 0 Å². The van der Waals surface area contributed by atoms with E-state index in [9.17, 15) is 5.11 Å². The zero-order valence-electron chi connectivity index (χ0n) is 13.5. The Labute approximate surface area is 159 Å². The smallest absolute Gasteiger partial charge is 0.193 e.